The van der Waals surface area contributed by atoms with Crippen LogP contribution in [0.2, 0.25) is 0 Å². The summed E-state index contributed by atoms with van der Waals surface area (Å²) in [5.74, 6) is -0.246. The third kappa shape index (κ3) is 4.57. The van der Waals surface area contributed by atoms with Crippen LogP contribution in [0.15, 0.2) is 48.7 Å². The van der Waals surface area contributed by atoms with Crippen LogP contribution in [0.1, 0.15) is 33.8 Å². The number of hydrogen-bond acceptors (Lipinski definition) is 5. The molecule has 1 aromatic heterocycles. The Balaban J connectivity index is 1.54. The van der Waals surface area contributed by atoms with Crippen molar-refractivity contribution in [1.82, 2.24) is 4.98 Å². The van der Waals surface area contributed by atoms with Crippen molar-refractivity contribution < 1.29 is 24.4 Å². The second-order valence-electron chi connectivity index (χ2n) is 7.63. The normalized spacial score (nSPS) is 24.2. The maximum atomic E-state index is 13.2. The quantitative estimate of drug-likeness (QED) is 0.493. The minimum atomic E-state index is -1.08. The van der Waals surface area contributed by atoms with Crippen molar-refractivity contribution in [1.29, 1.82) is 0 Å². The van der Waals surface area contributed by atoms with E-state index in [9.17, 15) is 19.7 Å². The van der Waals surface area contributed by atoms with Gasteiger partial charge in [0.05, 0.1) is 0 Å². The third-order valence-electron chi connectivity index (χ3n) is 5.52. The first-order chi connectivity index (χ1) is 14.4. The van der Waals surface area contributed by atoms with Crippen molar-refractivity contribution in [2.75, 3.05) is 6.61 Å². The molecule has 3 N–H and O–H groups in total. The Morgan fingerprint density at radius 3 is 2.67 bits per heavy atom. The summed E-state index contributed by atoms with van der Waals surface area (Å²) >= 11 is 0.0733. The first-order valence-corrected chi connectivity index (χ1v) is 11.6. The molecule has 2 unspecified atom stereocenters. The van der Waals surface area contributed by atoms with Crippen LogP contribution in [0.5, 0.6) is 0 Å². The number of ether oxygens (including phenoxy) is 1. The molecule has 7 heteroatoms. The number of rotatable bonds is 5. The van der Waals surface area contributed by atoms with Crippen molar-refractivity contribution in [3.63, 3.8) is 0 Å². The summed E-state index contributed by atoms with van der Waals surface area (Å²) in [6.07, 6.45) is -0.338. The van der Waals surface area contributed by atoms with Gasteiger partial charge in [-0.1, -0.05) is 0 Å². The van der Waals surface area contributed by atoms with Gasteiger partial charge >= 0.3 is 180 Å². The number of nitrogens with zero attached hydrogens (tertiary/aromatic N) is 1. The van der Waals surface area contributed by atoms with E-state index in [1.54, 1.807) is 12.1 Å². The van der Waals surface area contributed by atoms with Gasteiger partial charge in [-0.15, -0.1) is 0 Å². The van der Waals surface area contributed by atoms with Gasteiger partial charge in [-0.2, -0.15) is 0 Å². The van der Waals surface area contributed by atoms with Gasteiger partial charge in [0, 0.05) is 0 Å². The Morgan fingerprint density at radius 1 is 1.17 bits per heavy atom. The van der Waals surface area contributed by atoms with E-state index in [2.05, 4.69) is 11.1 Å². The fraction of sp³-hybridized carbons (Fsp3) is 0.348. The van der Waals surface area contributed by atoms with Gasteiger partial charge in [0.15, 0.2) is 0 Å². The average Bonchev–Trinajstić information content (AvgIpc) is 3.20. The molecule has 2 aromatic carbocycles. The van der Waals surface area contributed by atoms with Crippen LogP contribution in [0, 0.1) is 12.7 Å². The molecule has 1 aliphatic heterocycles. The second-order valence-corrected chi connectivity index (χ2v) is 9.97. The molecule has 0 spiro atoms. The van der Waals surface area contributed by atoms with Crippen LogP contribution in [0.3, 0.4) is 0 Å². The molecule has 1 saturated heterocycles. The minimum absolute atomic E-state index is 0.0733. The fourth-order valence-electron chi connectivity index (χ4n) is 3.70. The summed E-state index contributed by atoms with van der Waals surface area (Å²) < 4.78 is 21.2. The monoisotopic (exact) mass is 477 g/mol. The molecular weight excluding hydrogens is 452 g/mol. The van der Waals surface area contributed by atoms with Crippen molar-refractivity contribution >= 4 is 14.5 Å². The summed E-state index contributed by atoms with van der Waals surface area (Å²) in [6, 6.07) is 12.5. The van der Waals surface area contributed by atoms with Gasteiger partial charge < -0.3 is 0 Å². The maximum absolute atomic E-state index is 13.2. The van der Waals surface area contributed by atoms with Crippen molar-refractivity contribution in [3.8, 4) is 10.0 Å². The summed E-state index contributed by atoms with van der Waals surface area (Å²) in [4.78, 5) is 4.59. The van der Waals surface area contributed by atoms with Crippen LogP contribution in [-0.2, 0) is 11.2 Å². The number of aliphatic hydroxyl groups excluding tert-OH is 3. The van der Waals surface area contributed by atoms with Gasteiger partial charge in [-0.05, 0) is 0 Å². The van der Waals surface area contributed by atoms with E-state index in [1.165, 1.54) is 12.1 Å². The second kappa shape index (κ2) is 9.10. The molecule has 0 saturated carbocycles. The first-order valence-electron chi connectivity index (χ1n) is 9.87. The molecule has 158 valence electrons. The van der Waals surface area contributed by atoms with Crippen LogP contribution >= 0.6 is 0 Å². The molecule has 30 heavy (non-hydrogen) atoms. The van der Waals surface area contributed by atoms with Crippen LogP contribution in [0.25, 0.3) is 10.0 Å². The predicted molar refractivity (Wildman–Crippen MR) is 112 cm³/mol. The van der Waals surface area contributed by atoms with Gasteiger partial charge in [0.2, 0.25) is 0 Å². The fourth-order valence-corrected chi connectivity index (χ4v) is 5.69. The summed E-state index contributed by atoms with van der Waals surface area (Å²) in [5, 5.41) is 29.5. The Labute approximate surface area is 180 Å². The first kappa shape index (κ1) is 21.4. The number of aryl methyl sites for hydroxylation is 1. The summed E-state index contributed by atoms with van der Waals surface area (Å²) in [6.45, 7) is 1.71. The summed E-state index contributed by atoms with van der Waals surface area (Å²) in [7, 11) is 0. The van der Waals surface area contributed by atoms with Crippen molar-refractivity contribution in [3.05, 3.63) is 75.7 Å². The number of aliphatic hydroxyl groups is 3. The Bertz CT molecular complexity index is 1010. The molecule has 0 aliphatic carbocycles. The molecule has 5 nitrogen and oxygen atoms in total. The molecule has 0 bridgehead atoms. The van der Waals surface area contributed by atoms with Gasteiger partial charge in [0.25, 0.3) is 0 Å². The van der Waals surface area contributed by atoms with Crippen LogP contribution in [-0.4, -0.2) is 59.7 Å². The van der Waals surface area contributed by atoms with Crippen molar-refractivity contribution in [2.45, 2.75) is 44.2 Å². The van der Waals surface area contributed by atoms with E-state index < -0.39 is 18.3 Å². The number of aromatic nitrogens is 1. The Morgan fingerprint density at radius 2 is 1.93 bits per heavy atom. The molecule has 2 heterocycles. The molecule has 3 aromatic rings. The molecule has 1 fully saturated rings. The van der Waals surface area contributed by atoms with E-state index >= 15 is 0 Å². The number of halogens is 1. The van der Waals surface area contributed by atoms with E-state index in [4.69, 9.17) is 4.74 Å². The Hall–Kier alpha value is -1.86. The zero-order chi connectivity index (χ0) is 21.3. The molecule has 0 amide bonds. The standard InChI is InChI=1S/C23H24FNO4Se/c1-13-2-3-15(19-10-18(27)23(28)20(12-26)29-19)8-16(13)9-22-25-11-21(30-22)14-4-6-17(24)7-5-14/h2-8,11,18-20,23,26-28H,9-10,12H2,1H3/t18?,19-,20?,23-/m0/s1. The summed E-state index contributed by atoms with van der Waals surface area (Å²) in [5.41, 5.74) is 4.19. The third-order valence-corrected chi connectivity index (χ3v) is 7.71. The van der Waals surface area contributed by atoms with Gasteiger partial charge in [0.1, 0.15) is 0 Å². The predicted octanol–water partition coefficient (Wildman–Crippen LogP) is 2.39. The molecule has 1 aliphatic rings. The number of hydrogen-bond donors (Lipinski definition) is 3. The van der Waals surface area contributed by atoms with E-state index in [0.717, 1.165) is 31.3 Å². The van der Waals surface area contributed by atoms with E-state index in [1.807, 2.05) is 25.3 Å². The molecular formula is C23H24FNO4Se. The average molecular weight is 476 g/mol. The van der Waals surface area contributed by atoms with E-state index in [-0.39, 0.29) is 39.5 Å². The molecule has 0 radical (unpaired) electrons. The van der Waals surface area contributed by atoms with Gasteiger partial charge in [-0.25, -0.2) is 0 Å². The topological polar surface area (TPSA) is 82.8 Å². The molecule has 4 rings (SSSR count). The Kier molecular flexibility index (Phi) is 6.48. The van der Waals surface area contributed by atoms with Crippen molar-refractivity contribution in [2.24, 2.45) is 0 Å². The molecule has 4 atom stereocenters. The van der Waals surface area contributed by atoms with Gasteiger partial charge in [-0.3, -0.25) is 0 Å². The van der Waals surface area contributed by atoms with Crippen LogP contribution < -0.4 is 0 Å². The number of benzene rings is 2. The van der Waals surface area contributed by atoms with Crippen LogP contribution in [0.4, 0.5) is 4.39 Å². The zero-order valence-electron chi connectivity index (χ0n) is 16.5. The van der Waals surface area contributed by atoms with E-state index in [0.29, 0.717) is 6.42 Å². The SMILES string of the molecule is Cc1ccc([C@@H]2CC(O)[C@H](O)C(CO)O2)cc1Cc1ncc(-c2ccc(F)cc2)[se]1. The zero-order valence-corrected chi connectivity index (χ0v) is 18.2.